The molecule has 0 spiro atoms. The number of halogens is 1. The normalized spacial score (nSPS) is 11.4. The van der Waals surface area contributed by atoms with Crippen LogP contribution < -0.4 is 19.9 Å². The smallest absolute Gasteiger partial charge is 0.210 e. The van der Waals surface area contributed by atoms with Crippen LogP contribution in [0.15, 0.2) is 16.6 Å². The average Bonchev–Trinajstić information content (AvgIpc) is 2.36. The fourth-order valence-electron chi connectivity index (χ4n) is 1.61. The predicted octanol–water partition coefficient (Wildman–Crippen LogP) is 1.23. The van der Waals surface area contributed by atoms with Gasteiger partial charge in [-0.1, -0.05) is 0 Å². The van der Waals surface area contributed by atoms with E-state index in [0.717, 1.165) is 10.0 Å². The SMILES string of the molecule is CCOc1c(Br)cc(CNCCS(N)(=O)=O)cc1OC. The molecule has 0 aliphatic rings. The Hall–Kier alpha value is -0.830. The van der Waals surface area contributed by atoms with E-state index >= 15 is 0 Å². The second-order valence-corrected chi connectivity index (χ2v) is 6.67. The highest BCUT2D eigenvalue weighted by Crippen LogP contribution is 2.36. The monoisotopic (exact) mass is 366 g/mol. The summed E-state index contributed by atoms with van der Waals surface area (Å²) in [6, 6.07) is 3.75. The molecule has 0 bridgehead atoms. The maximum absolute atomic E-state index is 10.8. The van der Waals surface area contributed by atoms with Gasteiger partial charge in [-0.3, -0.25) is 0 Å². The predicted molar refractivity (Wildman–Crippen MR) is 81.5 cm³/mol. The van der Waals surface area contributed by atoms with E-state index in [0.29, 0.717) is 31.2 Å². The van der Waals surface area contributed by atoms with Crippen molar-refractivity contribution in [2.24, 2.45) is 5.14 Å². The van der Waals surface area contributed by atoms with Crippen molar-refractivity contribution in [3.63, 3.8) is 0 Å². The van der Waals surface area contributed by atoms with Crippen molar-refractivity contribution in [1.82, 2.24) is 5.32 Å². The molecule has 0 unspecified atom stereocenters. The zero-order chi connectivity index (χ0) is 15.2. The van der Waals surface area contributed by atoms with Gasteiger partial charge >= 0.3 is 0 Å². The van der Waals surface area contributed by atoms with E-state index < -0.39 is 10.0 Å². The van der Waals surface area contributed by atoms with Crippen molar-refractivity contribution in [2.75, 3.05) is 26.0 Å². The van der Waals surface area contributed by atoms with Gasteiger partial charge in [-0.05, 0) is 40.5 Å². The minimum Gasteiger partial charge on any atom is -0.493 e. The third-order valence-corrected chi connectivity index (χ3v) is 3.83. The molecule has 20 heavy (non-hydrogen) atoms. The zero-order valence-electron chi connectivity index (χ0n) is 11.5. The highest BCUT2D eigenvalue weighted by molar-refractivity contribution is 9.10. The molecule has 0 atom stereocenters. The van der Waals surface area contributed by atoms with Gasteiger partial charge in [-0.25, -0.2) is 13.6 Å². The van der Waals surface area contributed by atoms with Gasteiger partial charge in [0.25, 0.3) is 0 Å². The van der Waals surface area contributed by atoms with Crippen LogP contribution in [0.4, 0.5) is 0 Å². The molecule has 0 aliphatic carbocycles. The standard InChI is InChI=1S/C12H19BrN2O4S/c1-3-19-12-10(13)6-9(7-11(12)18-2)8-15-4-5-20(14,16)17/h6-7,15H,3-5,8H2,1-2H3,(H2,14,16,17). The number of rotatable bonds is 8. The van der Waals surface area contributed by atoms with Crippen LogP contribution in [0.5, 0.6) is 11.5 Å². The first-order valence-corrected chi connectivity index (χ1v) is 8.58. The fraction of sp³-hybridized carbons (Fsp3) is 0.500. The summed E-state index contributed by atoms with van der Waals surface area (Å²) in [6.45, 7) is 3.25. The van der Waals surface area contributed by atoms with Crippen LogP contribution in [-0.2, 0) is 16.6 Å². The molecular weight excluding hydrogens is 348 g/mol. The van der Waals surface area contributed by atoms with Gasteiger partial charge in [0.1, 0.15) is 0 Å². The molecule has 0 heterocycles. The Balaban J connectivity index is 2.70. The van der Waals surface area contributed by atoms with Crippen molar-refractivity contribution in [2.45, 2.75) is 13.5 Å². The van der Waals surface area contributed by atoms with Crippen LogP contribution >= 0.6 is 15.9 Å². The van der Waals surface area contributed by atoms with E-state index in [-0.39, 0.29) is 5.75 Å². The summed E-state index contributed by atoms with van der Waals surface area (Å²) >= 11 is 3.43. The first-order chi connectivity index (χ1) is 9.37. The van der Waals surface area contributed by atoms with E-state index in [1.165, 1.54) is 0 Å². The molecule has 0 radical (unpaired) electrons. The molecule has 114 valence electrons. The molecule has 8 heteroatoms. The second-order valence-electron chi connectivity index (χ2n) is 4.09. The Morgan fingerprint density at radius 2 is 2.10 bits per heavy atom. The van der Waals surface area contributed by atoms with Crippen LogP contribution in [0, 0.1) is 0 Å². The number of hydrogen-bond acceptors (Lipinski definition) is 5. The lowest BCUT2D eigenvalue weighted by atomic mass is 10.2. The topological polar surface area (TPSA) is 90.6 Å². The van der Waals surface area contributed by atoms with Gasteiger partial charge in [0.2, 0.25) is 10.0 Å². The number of primary sulfonamides is 1. The minimum atomic E-state index is -3.43. The summed E-state index contributed by atoms with van der Waals surface area (Å²) in [4.78, 5) is 0. The van der Waals surface area contributed by atoms with Gasteiger partial charge in [0.15, 0.2) is 11.5 Å². The quantitative estimate of drug-likeness (QED) is 0.675. The van der Waals surface area contributed by atoms with E-state index in [9.17, 15) is 8.42 Å². The number of ether oxygens (including phenoxy) is 2. The molecule has 6 nitrogen and oxygen atoms in total. The summed E-state index contributed by atoms with van der Waals surface area (Å²) < 4.78 is 33.2. The largest absolute Gasteiger partial charge is 0.493 e. The molecule has 0 fully saturated rings. The molecule has 0 amide bonds. The third kappa shape index (κ3) is 5.66. The van der Waals surface area contributed by atoms with Crippen molar-refractivity contribution in [1.29, 1.82) is 0 Å². The lowest BCUT2D eigenvalue weighted by Crippen LogP contribution is -2.26. The molecule has 0 saturated carbocycles. The first kappa shape index (κ1) is 17.2. The lowest BCUT2D eigenvalue weighted by Gasteiger charge is -2.13. The Labute approximate surface area is 127 Å². The van der Waals surface area contributed by atoms with E-state index in [4.69, 9.17) is 14.6 Å². The maximum Gasteiger partial charge on any atom is 0.210 e. The summed E-state index contributed by atoms with van der Waals surface area (Å²) in [5.74, 6) is 1.19. The minimum absolute atomic E-state index is 0.0949. The Morgan fingerprint density at radius 1 is 1.40 bits per heavy atom. The summed E-state index contributed by atoms with van der Waals surface area (Å²) in [7, 11) is -1.86. The highest BCUT2D eigenvalue weighted by atomic mass is 79.9. The van der Waals surface area contributed by atoms with E-state index in [1.807, 2.05) is 19.1 Å². The Kier molecular flexibility index (Phi) is 6.74. The molecule has 0 aliphatic heterocycles. The summed E-state index contributed by atoms with van der Waals surface area (Å²) in [5.41, 5.74) is 0.951. The van der Waals surface area contributed by atoms with E-state index in [2.05, 4.69) is 21.2 Å². The van der Waals surface area contributed by atoms with Gasteiger partial charge in [-0.2, -0.15) is 0 Å². The highest BCUT2D eigenvalue weighted by Gasteiger charge is 2.11. The molecule has 1 aromatic carbocycles. The zero-order valence-corrected chi connectivity index (χ0v) is 13.9. The lowest BCUT2D eigenvalue weighted by molar-refractivity contribution is 0.308. The van der Waals surface area contributed by atoms with Gasteiger partial charge in [-0.15, -0.1) is 0 Å². The van der Waals surface area contributed by atoms with Gasteiger partial charge in [0.05, 0.1) is 23.9 Å². The van der Waals surface area contributed by atoms with Crippen LogP contribution in [0.25, 0.3) is 0 Å². The van der Waals surface area contributed by atoms with Crippen LogP contribution in [0.3, 0.4) is 0 Å². The number of hydrogen-bond donors (Lipinski definition) is 2. The average molecular weight is 367 g/mol. The van der Waals surface area contributed by atoms with Gasteiger partial charge < -0.3 is 14.8 Å². The van der Waals surface area contributed by atoms with Crippen LogP contribution in [0.1, 0.15) is 12.5 Å². The van der Waals surface area contributed by atoms with Crippen molar-refractivity contribution in [3.8, 4) is 11.5 Å². The molecule has 0 aromatic heterocycles. The Bertz CT molecular complexity index is 549. The van der Waals surface area contributed by atoms with Crippen molar-refractivity contribution >= 4 is 26.0 Å². The molecule has 1 aromatic rings. The summed E-state index contributed by atoms with van der Waals surface area (Å²) in [6.07, 6.45) is 0. The maximum atomic E-state index is 10.8. The van der Waals surface area contributed by atoms with Crippen LogP contribution in [-0.4, -0.2) is 34.4 Å². The third-order valence-electron chi connectivity index (χ3n) is 2.47. The molecule has 3 N–H and O–H groups in total. The number of nitrogens with two attached hydrogens (primary N) is 1. The number of methoxy groups -OCH3 is 1. The number of benzene rings is 1. The summed E-state index contributed by atoms with van der Waals surface area (Å²) in [5, 5.41) is 7.94. The first-order valence-electron chi connectivity index (χ1n) is 6.07. The van der Waals surface area contributed by atoms with Crippen LogP contribution in [0.2, 0.25) is 0 Å². The fourth-order valence-corrected chi connectivity index (χ4v) is 2.64. The van der Waals surface area contributed by atoms with Crippen molar-refractivity contribution in [3.05, 3.63) is 22.2 Å². The number of nitrogens with one attached hydrogen (secondary N) is 1. The van der Waals surface area contributed by atoms with Gasteiger partial charge in [0, 0.05) is 13.1 Å². The second kappa shape index (κ2) is 7.82. The van der Waals surface area contributed by atoms with E-state index in [1.54, 1.807) is 7.11 Å². The molecule has 1 rings (SSSR count). The molecule has 0 saturated heterocycles. The number of sulfonamides is 1. The molecular formula is C12H19BrN2O4S. The Morgan fingerprint density at radius 3 is 2.65 bits per heavy atom. The van der Waals surface area contributed by atoms with Crippen molar-refractivity contribution < 1.29 is 17.9 Å².